The summed E-state index contributed by atoms with van der Waals surface area (Å²) in [7, 11) is 1.34. The molecule has 24 heavy (non-hydrogen) atoms. The lowest BCUT2D eigenvalue weighted by atomic mass is 10.2. The van der Waals surface area contributed by atoms with Gasteiger partial charge in [-0.2, -0.15) is 5.26 Å². The molecule has 0 saturated carbocycles. The predicted octanol–water partition coefficient (Wildman–Crippen LogP) is 3.68. The molecule has 0 unspecified atom stereocenters. The number of benzene rings is 2. The summed E-state index contributed by atoms with van der Waals surface area (Å²) < 4.78 is 50.1. The van der Waals surface area contributed by atoms with Gasteiger partial charge < -0.3 is 14.2 Å². The summed E-state index contributed by atoms with van der Waals surface area (Å²) in [5.74, 6) is -0.983. The maximum atomic E-state index is 12.1. The third kappa shape index (κ3) is 4.39. The number of methoxy groups -OCH3 is 1. The highest BCUT2D eigenvalue weighted by Gasteiger charge is 2.31. The first-order valence-corrected chi connectivity index (χ1v) is 6.48. The molecular formula is C16H10F3NO4. The maximum Gasteiger partial charge on any atom is 0.573 e. The minimum atomic E-state index is -4.81. The van der Waals surface area contributed by atoms with Gasteiger partial charge in [0.25, 0.3) is 0 Å². The van der Waals surface area contributed by atoms with E-state index in [1.807, 2.05) is 6.07 Å². The van der Waals surface area contributed by atoms with Gasteiger partial charge in [0.2, 0.25) is 0 Å². The summed E-state index contributed by atoms with van der Waals surface area (Å²) in [6, 6.07) is 10.4. The zero-order chi connectivity index (χ0) is 17.7. The Morgan fingerprint density at radius 2 is 1.75 bits per heavy atom. The van der Waals surface area contributed by atoms with E-state index in [2.05, 4.69) is 4.74 Å². The zero-order valence-electron chi connectivity index (χ0n) is 12.3. The van der Waals surface area contributed by atoms with Crippen LogP contribution >= 0.6 is 0 Å². The van der Waals surface area contributed by atoms with Crippen molar-refractivity contribution >= 4 is 5.97 Å². The molecule has 0 aliphatic rings. The molecular weight excluding hydrogens is 327 g/mol. The topological polar surface area (TPSA) is 68.5 Å². The van der Waals surface area contributed by atoms with Crippen LogP contribution in [0.1, 0.15) is 15.9 Å². The van der Waals surface area contributed by atoms with E-state index >= 15 is 0 Å². The second-order valence-corrected chi connectivity index (χ2v) is 4.44. The second-order valence-electron chi connectivity index (χ2n) is 4.44. The molecule has 0 spiro atoms. The summed E-state index contributed by atoms with van der Waals surface area (Å²) in [6.07, 6.45) is -4.81. The van der Waals surface area contributed by atoms with E-state index in [0.29, 0.717) is 5.56 Å². The van der Waals surface area contributed by atoms with Crippen LogP contribution in [-0.2, 0) is 0 Å². The average Bonchev–Trinajstić information content (AvgIpc) is 2.54. The Hall–Kier alpha value is -3.21. The Labute approximate surface area is 134 Å². The van der Waals surface area contributed by atoms with Crippen LogP contribution in [-0.4, -0.2) is 19.4 Å². The third-order valence-electron chi connectivity index (χ3n) is 2.82. The Kier molecular flexibility index (Phi) is 4.94. The maximum absolute atomic E-state index is 12.1. The van der Waals surface area contributed by atoms with Crippen molar-refractivity contribution in [3.05, 3.63) is 53.6 Å². The van der Waals surface area contributed by atoms with Crippen LogP contribution in [0, 0.1) is 11.3 Å². The first kappa shape index (κ1) is 17.1. The van der Waals surface area contributed by atoms with Gasteiger partial charge in [-0.25, -0.2) is 4.79 Å². The fourth-order valence-electron chi connectivity index (χ4n) is 1.77. The van der Waals surface area contributed by atoms with E-state index in [9.17, 15) is 18.0 Å². The summed E-state index contributed by atoms with van der Waals surface area (Å²) in [4.78, 5) is 12.0. The molecule has 2 aromatic rings. The number of nitrogens with zero attached hydrogens (tertiary/aromatic N) is 1. The lowest BCUT2D eigenvalue weighted by Gasteiger charge is -2.10. The summed E-state index contributed by atoms with van der Waals surface area (Å²) in [5.41, 5.74) is 0.344. The Bertz CT molecular complexity index is 779. The molecule has 8 heteroatoms. The molecule has 0 saturated heterocycles. The van der Waals surface area contributed by atoms with Crippen molar-refractivity contribution in [2.45, 2.75) is 6.36 Å². The SMILES string of the molecule is COc1cc(C#N)ccc1OC(=O)c1ccc(OC(F)(F)F)cc1. The van der Waals surface area contributed by atoms with E-state index in [0.717, 1.165) is 24.3 Å². The number of carbonyl (C=O) groups is 1. The molecule has 0 aromatic heterocycles. The van der Waals surface area contributed by atoms with Crippen LogP contribution in [0.3, 0.4) is 0 Å². The summed E-state index contributed by atoms with van der Waals surface area (Å²) in [5, 5.41) is 8.81. The van der Waals surface area contributed by atoms with Gasteiger partial charge in [0.15, 0.2) is 11.5 Å². The van der Waals surface area contributed by atoms with Crippen LogP contribution in [0.2, 0.25) is 0 Å². The first-order valence-electron chi connectivity index (χ1n) is 6.48. The molecule has 0 atom stereocenters. The summed E-state index contributed by atoms with van der Waals surface area (Å²) in [6.45, 7) is 0. The number of nitriles is 1. The molecule has 0 aliphatic carbocycles. The van der Waals surface area contributed by atoms with Crippen LogP contribution in [0.15, 0.2) is 42.5 Å². The van der Waals surface area contributed by atoms with Crippen molar-refractivity contribution in [1.29, 1.82) is 5.26 Å². The highest BCUT2D eigenvalue weighted by atomic mass is 19.4. The van der Waals surface area contributed by atoms with E-state index in [1.165, 1.54) is 25.3 Å². The van der Waals surface area contributed by atoms with Gasteiger partial charge >= 0.3 is 12.3 Å². The fraction of sp³-hybridized carbons (Fsp3) is 0.125. The van der Waals surface area contributed by atoms with Gasteiger partial charge in [0, 0.05) is 6.07 Å². The van der Waals surface area contributed by atoms with Gasteiger partial charge in [-0.05, 0) is 36.4 Å². The van der Waals surface area contributed by atoms with E-state index in [1.54, 1.807) is 0 Å². The number of halogens is 3. The van der Waals surface area contributed by atoms with E-state index in [-0.39, 0.29) is 17.1 Å². The van der Waals surface area contributed by atoms with Crippen molar-refractivity contribution in [3.8, 4) is 23.3 Å². The molecule has 2 rings (SSSR count). The van der Waals surface area contributed by atoms with Crippen LogP contribution in [0.4, 0.5) is 13.2 Å². The van der Waals surface area contributed by atoms with Crippen molar-refractivity contribution in [2.75, 3.05) is 7.11 Å². The average molecular weight is 337 g/mol. The predicted molar refractivity (Wildman–Crippen MR) is 75.8 cm³/mol. The molecule has 5 nitrogen and oxygen atoms in total. The molecule has 0 bridgehead atoms. The van der Waals surface area contributed by atoms with E-state index < -0.39 is 18.1 Å². The number of alkyl halides is 3. The number of esters is 1. The van der Waals surface area contributed by atoms with Gasteiger partial charge in [-0.15, -0.1) is 13.2 Å². The first-order chi connectivity index (χ1) is 11.3. The lowest BCUT2D eigenvalue weighted by Crippen LogP contribution is -2.17. The Balaban J connectivity index is 2.14. The Morgan fingerprint density at radius 3 is 2.29 bits per heavy atom. The number of hydrogen-bond acceptors (Lipinski definition) is 5. The number of carbonyl (C=O) groups excluding carboxylic acids is 1. The van der Waals surface area contributed by atoms with E-state index in [4.69, 9.17) is 14.7 Å². The lowest BCUT2D eigenvalue weighted by molar-refractivity contribution is -0.274. The molecule has 0 fully saturated rings. The number of rotatable bonds is 4. The number of ether oxygens (including phenoxy) is 3. The minimum Gasteiger partial charge on any atom is -0.493 e. The minimum absolute atomic E-state index is 0.0240. The molecule has 2 aromatic carbocycles. The van der Waals surface area contributed by atoms with Crippen LogP contribution < -0.4 is 14.2 Å². The van der Waals surface area contributed by atoms with Gasteiger partial charge in [-0.3, -0.25) is 0 Å². The van der Waals surface area contributed by atoms with Crippen LogP contribution in [0.25, 0.3) is 0 Å². The van der Waals surface area contributed by atoms with Gasteiger partial charge in [0.1, 0.15) is 5.75 Å². The van der Waals surface area contributed by atoms with Crippen molar-refractivity contribution in [2.24, 2.45) is 0 Å². The second kappa shape index (κ2) is 6.91. The molecule has 0 amide bonds. The van der Waals surface area contributed by atoms with Gasteiger partial charge in [-0.1, -0.05) is 0 Å². The van der Waals surface area contributed by atoms with Gasteiger partial charge in [0.05, 0.1) is 24.3 Å². The van der Waals surface area contributed by atoms with Crippen molar-refractivity contribution < 1.29 is 32.2 Å². The van der Waals surface area contributed by atoms with Crippen molar-refractivity contribution in [3.63, 3.8) is 0 Å². The Morgan fingerprint density at radius 1 is 1.08 bits per heavy atom. The molecule has 124 valence electrons. The standard InChI is InChI=1S/C16H10F3NO4/c1-22-14-8-10(9-20)2-7-13(14)23-15(21)11-3-5-12(6-4-11)24-16(17,18)19/h2-8H,1H3. The van der Waals surface area contributed by atoms with Crippen molar-refractivity contribution in [1.82, 2.24) is 0 Å². The highest BCUT2D eigenvalue weighted by Crippen LogP contribution is 2.29. The largest absolute Gasteiger partial charge is 0.573 e. The van der Waals surface area contributed by atoms with Crippen LogP contribution in [0.5, 0.6) is 17.2 Å². The normalized spacial score (nSPS) is 10.6. The summed E-state index contributed by atoms with van der Waals surface area (Å²) >= 11 is 0. The highest BCUT2D eigenvalue weighted by molar-refractivity contribution is 5.91. The molecule has 0 aliphatic heterocycles. The monoisotopic (exact) mass is 337 g/mol. The quantitative estimate of drug-likeness (QED) is 0.629. The fourth-order valence-corrected chi connectivity index (χ4v) is 1.77. The molecule has 0 heterocycles. The molecule has 0 radical (unpaired) electrons. The molecule has 0 N–H and O–H groups in total. The zero-order valence-corrected chi connectivity index (χ0v) is 12.3. The number of hydrogen-bond donors (Lipinski definition) is 0. The third-order valence-corrected chi connectivity index (χ3v) is 2.82. The smallest absolute Gasteiger partial charge is 0.493 e.